The smallest absolute Gasteiger partial charge is 0.321 e. The zero-order chi connectivity index (χ0) is 17.4. The highest BCUT2D eigenvalue weighted by atomic mass is 16.2. The highest BCUT2D eigenvalue weighted by Crippen LogP contribution is 2.34. The highest BCUT2D eigenvalue weighted by Gasteiger charge is 2.42. The predicted octanol–water partition coefficient (Wildman–Crippen LogP) is 2.69. The molecule has 1 N–H and O–H groups in total. The molecule has 0 bridgehead atoms. The second kappa shape index (κ2) is 6.35. The third-order valence-electron chi connectivity index (χ3n) is 5.41. The minimum atomic E-state index is 0.00112. The van der Waals surface area contributed by atoms with E-state index in [4.69, 9.17) is 0 Å². The first-order valence-corrected chi connectivity index (χ1v) is 8.76. The molecule has 0 spiro atoms. The van der Waals surface area contributed by atoms with Gasteiger partial charge >= 0.3 is 6.03 Å². The van der Waals surface area contributed by atoms with Gasteiger partial charge in [-0.2, -0.15) is 0 Å². The number of anilines is 2. The van der Waals surface area contributed by atoms with Crippen molar-refractivity contribution in [3.8, 4) is 0 Å². The summed E-state index contributed by atoms with van der Waals surface area (Å²) in [5.74, 6) is 2.06. The number of aromatic nitrogens is 2. The van der Waals surface area contributed by atoms with Gasteiger partial charge in [0.1, 0.15) is 12.1 Å². The minimum Gasteiger partial charge on any atom is -0.356 e. The van der Waals surface area contributed by atoms with Crippen molar-refractivity contribution in [2.75, 3.05) is 36.4 Å². The molecule has 6 heteroatoms. The van der Waals surface area contributed by atoms with Crippen LogP contribution in [-0.2, 0) is 0 Å². The number of nitrogens with zero attached hydrogens (tertiary/aromatic N) is 4. The maximum Gasteiger partial charge on any atom is 0.321 e. The van der Waals surface area contributed by atoms with Gasteiger partial charge in [-0.3, -0.25) is 0 Å². The average molecular weight is 337 g/mol. The molecule has 1 aromatic heterocycles. The molecule has 2 aliphatic rings. The van der Waals surface area contributed by atoms with Crippen LogP contribution < -0.4 is 10.2 Å². The molecule has 25 heavy (non-hydrogen) atoms. The van der Waals surface area contributed by atoms with Crippen molar-refractivity contribution < 1.29 is 4.79 Å². The van der Waals surface area contributed by atoms with Gasteiger partial charge in [0.15, 0.2) is 0 Å². The number of carbonyl (C=O) groups excluding carboxylic acids is 1. The number of likely N-dealkylation sites (tertiary alicyclic amines) is 1. The lowest BCUT2D eigenvalue weighted by Crippen LogP contribution is -2.36. The van der Waals surface area contributed by atoms with Gasteiger partial charge in [-0.25, -0.2) is 14.8 Å². The largest absolute Gasteiger partial charge is 0.356 e. The van der Waals surface area contributed by atoms with E-state index >= 15 is 0 Å². The Morgan fingerprint density at radius 1 is 1.04 bits per heavy atom. The van der Waals surface area contributed by atoms with Gasteiger partial charge in [0.25, 0.3) is 0 Å². The second-order valence-corrected chi connectivity index (χ2v) is 7.03. The van der Waals surface area contributed by atoms with Crippen molar-refractivity contribution in [3.05, 3.63) is 47.9 Å². The Morgan fingerprint density at radius 2 is 1.72 bits per heavy atom. The summed E-state index contributed by atoms with van der Waals surface area (Å²) in [6.07, 6.45) is 1.64. The highest BCUT2D eigenvalue weighted by molar-refractivity contribution is 5.89. The topological polar surface area (TPSA) is 61.4 Å². The third-order valence-corrected chi connectivity index (χ3v) is 5.41. The van der Waals surface area contributed by atoms with Crippen molar-refractivity contribution in [1.29, 1.82) is 0 Å². The summed E-state index contributed by atoms with van der Waals surface area (Å²) < 4.78 is 0. The average Bonchev–Trinajstić information content (AvgIpc) is 3.17. The summed E-state index contributed by atoms with van der Waals surface area (Å²) in [4.78, 5) is 25.5. The van der Waals surface area contributed by atoms with Crippen LogP contribution in [0, 0.1) is 25.7 Å². The zero-order valence-electron chi connectivity index (χ0n) is 14.6. The number of hydrogen-bond donors (Lipinski definition) is 1. The summed E-state index contributed by atoms with van der Waals surface area (Å²) >= 11 is 0. The van der Waals surface area contributed by atoms with Crippen LogP contribution in [0.15, 0.2) is 36.7 Å². The standard InChI is InChI=1S/C19H23N5O/c1-13-14(2)20-12-21-18(13)23-8-15-10-24(11-16(15)9-23)19(25)22-17-6-4-3-5-7-17/h3-7,12,15-16H,8-11H2,1-2H3,(H,22,25). The fourth-order valence-corrected chi connectivity index (χ4v) is 3.90. The molecule has 0 radical (unpaired) electrons. The van der Waals surface area contributed by atoms with Crippen molar-refractivity contribution in [2.24, 2.45) is 11.8 Å². The molecule has 2 fully saturated rings. The Labute approximate surface area is 147 Å². The van der Waals surface area contributed by atoms with Gasteiger partial charge in [0.2, 0.25) is 0 Å². The molecule has 4 rings (SSSR count). The maximum atomic E-state index is 12.5. The minimum absolute atomic E-state index is 0.00112. The van der Waals surface area contributed by atoms with E-state index in [1.807, 2.05) is 42.2 Å². The van der Waals surface area contributed by atoms with Gasteiger partial charge < -0.3 is 15.1 Å². The number of benzene rings is 1. The lowest BCUT2D eigenvalue weighted by Gasteiger charge is -2.24. The van der Waals surface area contributed by atoms with Crippen LogP contribution in [0.3, 0.4) is 0 Å². The molecular formula is C19H23N5O. The summed E-state index contributed by atoms with van der Waals surface area (Å²) in [5.41, 5.74) is 3.03. The Kier molecular flexibility index (Phi) is 4.03. The number of amides is 2. The monoisotopic (exact) mass is 337 g/mol. The van der Waals surface area contributed by atoms with Gasteiger partial charge in [0, 0.05) is 55.0 Å². The number of fused-ring (bicyclic) bond motifs is 1. The molecule has 2 unspecified atom stereocenters. The van der Waals surface area contributed by atoms with Gasteiger partial charge in [-0.05, 0) is 26.0 Å². The fraction of sp³-hybridized carbons (Fsp3) is 0.421. The molecule has 2 aromatic rings. The molecule has 0 saturated carbocycles. The molecule has 2 atom stereocenters. The summed E-state index contributed by atoms with van der Waals surface area (Å²) in [6, 6.07) is 9.63. The Balaban J connectivity index is 1.39. The SMILES string of the molecule is Cc1ncnc(N2CC3CN(C(=O)Nc4ccccc4)CC3C2)c1C. The first-order valence-electron chi connectivity index (χ1n) is 8.76. The van der Waals surface area contributed by atoms with E-state index in [9.17, 15) is 4.79 Å². The van der Waals surface area contributed by atoms with E-state index in [1.54, 1.807) is 6.33 Å². The molecular weight excluding hydrogens is 314 g/mol. The maximum absolute atomic E-state index is 12.5. The van der Waals surface area contributed by atoms with Crippen molar-refractivity contribution >= 4 is 17.5 Å². The third kappa shape index (κ3) is 3.04. The van der Waals surface area contributed by atoms with E-state index in [1.165, 1.54) is 0 Å². The van der Waals surface area contributed by atoms with Crippen LogP contribution in [0.4, 0.5) is 16.3 Å². The van der Waals surface area contributed by atoms with E-state index in [0.29, 0.717) is 11.8 Å². The van der Waals surface area contributed by atoms with Crippen LogP contribution >= 0.6 is 0 Å². The van der Waals surface area contributed by atoms with Crippen LogP contribution in [0.1, 0.15) is 11.3 Å². The number of para-hydroxylation sites is 1. The van der Waals surface area contributed by atoms with Crippen molar-refractivity contribution in [2.45, 2.75) is 13.8 Å². The van der Waals surface area contributed by atoms with Gasteiger partial charge in [-0.15, -0.1) is 0 Å². The lowest BCUT2D eigenvalue weighted by molar-refractivity contribution is 0.219. The second-order valence-electron chi connectivity index (χ2n) is 7.03. The molecule has 130 valence electrons. The number of hydrogen-bond acceptors (Lipinski definition) is 4. The van der Waals surface area contributed by atoms with Crippen LogP contribution in [0.5, 0.6) is 0 Å². The van der Waals surface area contributed by atoms with E-state index in [-0.39, 0.29) is 6.03 Å². The molecule has 0 aliphatic carbocycles. The lowest BCUT2D eigenvalue weighted by atomic mass is 10.0. The Bertz CT molecular complexity index is 765. The molecule has 3 heterocycles. The fourth-order valence-electron chi connectivity index (χ4n) is 3.90. The van der Waals surface area contributed by atoms with Gasteiger partial charge in [-0.1, -0.05) is 18.2 Å². The number of aryl methyl sites for hydroxylation is 1. The number of nitrogens with one attached hydrogen (secondary N) is 1. The van der Waals surface area contributed by atoms with E-state index in [0.717, 1.165) is 48.9 Å². The summed E-state index contributed by atoms with van der Waals surface area (Å²) in [7, 11) is 0. The van der Waals surface area contributed by atoms with Crippen molar-refractivity contribution in [3.63, 3.8) is 0 Å². The quantitative estimate of drug-likeness (QED) is 0.915. The Hall–Kier alpha value is -2.63. The van der Waals surface area contributed by atoms with Crippen molar-refractivity contribution in [1.82, 2.24) is 14.9 Å². The normalized spacial score (nSPS) is 22.2. The van der Waals surface area contributed by atoms with Crippen LogP contribution in [-0.4, -0.2) is 47.1 Å². The zero-order valence-corrected chi connectivity index (χ0v) is 14.6. The predicted molar refractivity (Wildman–Crippen MR) is 97.7 cm³/mol. The molecule has 2 saturated heterocycles. The molecule has 1 aromatic carbocycles. The van der Waals surface area contributed by atoms with E-state index < -0.39 is 0 Å². The number of rotatable bonds is 2. The summed E-state index contributed by atoms with van der Waals surface area (Å²) in [5, 5.41) is 2.99. The first-order chi connectivity index (χ1) is 12.1. The molecule has 2 amide bonds. The molecule has 6 nitrogen and oxygen atoms in total. The van der Waals surface area contributed by atoms with Crippen LogP contribution in [0.25, 0.3) is 0 Å². The Morgan fingerprint density at radius 3 is 2.40 bits per heavy atom. The first kappa shape index (κ1) is 15.9. The molecule has 2 aliphatic heterocycles. The number of carbonyl (C=O) groups is 1. The summed E-state index contributed by atoms with van der Waals surface area (Å²) in [6.45, 7) is 7.63. The van der Waals surface area contributed by atoms with Crippen LogP contribution in [0.2, 0.25) is 0 Å². The van der Waals surface area contributed by atoms with E-state index in [2.05, 4.69) is 27.1 Å². The number of urea groups is 1. The van der Waals surface area contributed by atoms with Gasteiger partial charge in [0.05, 0.1) is 0 Å².